The van der Waals surface area contributed by atoms with Crippen LogP contribution < -0.4 is 9.64 Å². The molecule has 1 unspecified atom stereocenters. The zero-order chi connectivity index (χ0) is 29.3. The van der Waals surface area contributed by atoms with Crippen LogP contribution in [0.3, 0.4) is 0 Å². The lowest BCUT2D eigenvalue weighted by Gasteiger charge is -2.31. The largest absolute Gasteiger partial charge is 0.494 e. The highest BCUT2D eigenvalue weighted by Gasteiger charge is 2.27. The van der Waals surface area contributed by atoms with Gasteiger partial charge in [0, 0.05) is 30.8 Å². The number of hydrogen-bond acceptors (Lipinski definition) is 3. The van der Waals surface area contributed by atoms with Crippen LogP contribution in [0.15, 0.2) is 65.2 Å². The fraction of sp³-hybridized carbons (Fsp3) is 0.568. The standard InChI is InChI=1S/C37H54N2O2/c1-5-6-7-8-9-10-11-12-13-14-15-16-27-41-36-23-19-34(20-24-36)29-39(32(3)40)35-21-17-33(18-22-35)28-37(4)30-38-26-25-31(37)2/h17-26H,5-16,27-30H2,1-4H3. The molecule has 0 radical (unpaired) electrons. The minimum atomic E-state index is 0.0393. The van der Waals surface area contributed by atoms with E-state index in [-0.39, 0.29) is 11.3 Å². The summed E-state index contributed by atoms with van der Waals surface area (Å²) >= 11 is 0. The molecule has 0 aliphatic carbocycles. The van der Waals surface area contributed by atoms with E-state index >= 15 is 0 Å². The number of carbonyl (C=O) groups excluding carboxylic acids is 1. The predicted molar refractivity (Wildman–Crippen MR) is 175 cm³/mol. The van der Waals surface area contributed by atoms with Crippen LogP contribution in [0.25, 0.3) is 0 Å². The molecule has 2 aromatic rings. The molecule has 1 atom stereocenters. The summed E-state index contributed by atoms with van der Waals surface area (Å²) in [4.78, 5) is 18.9. The lowest BCUT2D eigenvalue weighted by molar-refractivity contribution is -0.116. The second-order valence-electron chi connectivity index (χ2n) is 12.2. The van der Waals surface area contributed by atoms with E-state index in [1.807, 2.05) is 23.2 Å². The normalized spacial score (nSPS) is 16.4. The van der Waals surface area contributed by atoms with Crippen LogP contribution in [-0.2, 0) is 17.8 Å². The van der Waals surface area contributed by atoms with Gasteiger partial charge in [-0.05, 0) is 61.2 Å². The van der Waals surface area contributed by atoms with E-state index in [9.17, 15) is 4.79 Å². The minimum absolute atomic E-state index is 0.0393. The van der Waals surface area contributed by atoms with Gasteiger partial charge < -0.3 is 9.64 Å². The Morgan fingerprint density at radius 2 is 1.39 bits per heavy atom. The van der Waals surface area contributed by atoms with Crippen molar-refractivity contribution >= 4 is 17.8 Å². The molecular weight excluding hydrogens is 504 g/mol. The van der Waals surface area contributed by atoms with E-state index in [0.29, 0.717) is 6.54 Å². The van der Waals surface area contributed by atoms with E-state index in [4.69, 9.17) is 4.74 Å². The Bertz CT molecular complexity index is 1090. The first-order valence-electron chi connectivity index (χ1n) is 16.2. The highest BCUT2D eigenvalue weighted by Crippen LogP contribution is 2.33. The van der Waals surface area contributed by atoms with Gasteiger partial charge in [-0.15, -0.1) is 0 Å². The van der Waals surface area contributed by atoms with E-state index in [0.717, 1.165) is 43.0 Å². The molecule has 1 aliphatic heterocycles. The fourth-order valence-corrected chi connectivity index (χ4v) is 5.58. The van der Waals surface area contributed by atoms with Gasteiger partial charge >= 0.3 is 0 Å². The van der Waals surface area contributed by atoms with E-state index in [1.165, 1.54) is 81.8 Å². The molecule has 41 heavy (non-hydrogen) atoms. The van der Waals surface area contributed by atoms with Gasteiger partial charge in [-0.1, -0.05) is 114 Å². The monoisotopic (exact) mass is 558 g/mol. The number of rotatable bonds is 19. The Morgan fingerprint density at radius 3 is 1.95 bits per heavy atom. The zero-order valence-electron chi connectivity index (χ0n) is 26.3. The van der Waals surface area contributed by atoms with Crippen molar-refractivity contribution in [3.63, 3.8) is 0 Å². The lowest BCUT2D eigenvalue weighted by Crippen LogP contribution is -2.28. The molecule has 0 saturated heterocycles. The van der Waals surface area contributed by atoms with Crippen LogP contribution in [0.2, 0.25) is 0 Å². The van der Waals surface area contributed by atoms with Crippen LogP contribution in [0, 0.1) is 5.41 Å². The van der Waals surface area contributed by atoms with Gasteiger partial charge in [0.25, 0.3) is 0 Å². The van der Waals surface area contributed by atoms with Crippen molar-refractivity contribution in [2.45, 2.75) is 118 Å². The predicted octanol–water partition coefficient (Wildman–Crippen LogP) is 9.90. The first kappa shape index (κ1) is 32.6. The molecule has 3 rings (SSSR count). The number of nitrogens with zero attached hydrogens (tertiary/aromatic N) is 2. The SMILES string of the molecule is CCCCCCCCCCCCCCOc1ccc(CN(C(C)=O)c2ccc(CC3(C)CN=CC=C3C)cc2)cc1. The van der Waals surface area contributed by atoms with Crippen LogP contribution in [-0.4, -0.2) is 25.3 Å². The number of hydrogen-bond donors (Lipinski definition) is 0. The number of benzene rings is 2. The van der Waals surface area contributed by atoms with Crippen LogP contribution in [0.4, 0.5) is 5.69 Å². The molecule has 1 aliphatic rings. The third-order valence-corrected chi connectivity index (χ3v) is 8.58. The van der Waals surface area contributed by atoms with Crippen molar-refractivity contribution in [1.29, 1.82) is 0 Å². The van der Waals surface area contributed by atoms with Crippen LogP contribution in [0.1, 0.15) is 116 Å². The first-order chi connectivity index (χ1) is 19.9. The lowest BCUT2D eigenvalue weighted by atomic mass is 9.76. The number of anilines is 1. The van der Waals surface area contributed by atoms with Gasteiger partial charge in [-0.3, -0.25) is 9.79 Å². The Hall–Kier alpha value is -2.88. The topological polar surface area (TPSA) is 41.9 Å². The second kappa shape index (κ2) is 17.8. The maximum atomic E-state index is 12.5. The number of unbranched alkanes of at least 4 members (excludes halogenated alkanes) is 11. The van der Waals surface area contributed by atoms with Gasteiger partial charge in [0.1, 0.15) is 5.75 Å². The molecule has 0 spiro atoms. The van der Waals surface area contributed by atoms with Crippen molar-refractivity contribution in [2.24, 2.45) is 10.4 Å². The number of amides is 1. The second-order valence-corrected chi connectivity index (χ2v) is 12.2. The molecule has 1 amide bonds. The Balaban J connectivity index is 1.36. The average molecular weight is 559 g/mol. The summed E-state index contributed by atoms with van der Waals surface area (Å²) < 4.78 is 5.99. The molecule has 2 aromatic carbocycles. The molecule has 4 heteroatoms. The van der Waals surface area contributed by atoms with Gasteiger partial charge in [0.2, 0.25) is 5.91 Å². The number of aliphatic imine (C=N–C) groups is 1. The molecule has 0 bridgehead atoms. The number of ether oxygens (including phenoxy) is 1. The molecular formula is C37H54N2O2. The van der Waals surface area contributed by atoms with Crippen molar-refractivity contribution in [2.75, 3.05) is 18.1 Å². The molecule has 0 N–H and O–H groups in total. The first-order valence-corrected chi connectivity index (χ1v) is 16.2. The highest BCUT2D eigenvalue weighted by atomic mass is 16.5. The summed E-state index contributed by atoms with van der Waals surface area (Å²) in [6.45, 7) is 10.5. The summed E-state index contributed by atoms with van der Waals surface area (Å²) in [5.41, 5.74) is 4.69. The highest BCUT2D eigenvalue weighted by molar-refractivity contribution is 5.91. The van der Waals surface area contributed by atoms with Gasteiger partial charge in [0.15, 0.2) is 0 Å². The van der Waals surface area contributed by atoms with E-state index in [2.05, 4.69) is 68.2 Å². The van der Waals surface area contributed by atoms with E-state index in [1.54, 1.807) is 6.92 Å². The molecule has 4 nitrogen and oxygen atoms in total. The van der Waals surface area contributed by atoms with Gasteiger partial charge in [-0.2, -0.15) is 0 Å². The average Bonchev–Trinajstić information content (AvgIpc) is 2.97. The summed E-state index contributed by atoms with van der Waals surface area (Å²) in [6, 6.07) is 16.6. The van der Waals surface area contributed by atoms with Crippen molar-refractivity contribution in [1.82, 2.24) is 0 Å². The Labute approximate surface area is 250 Å². The molecule has 0 fully saturated rings. The zero-order valence-corrected chi connectivity index (χ0v) is 26.3. The number of carbonyl (C=O) groups is 1. The maximum absolute atomic E-state index is 12.5. The molecule has 0 saturated carbocycles. The fourth-order valence-electron chi connectivity index (χ4n) is 5.58. The number of allylic oxidation sites excluding steroid dienone is 1. The summed E-state index contributed by atoms with van der Waals surface area (Å²) in [5.74, 6) is 0.942. The molecule has 0 aromatic heterocycles. The Kier molecular flexibility index (Phi) is 14.2. The number of dihydropyridines is 1. The van der Waals surface area contributed by atoms with Crippen molar-refractivity contribution in [3.8, 4) is 5.75 Å². The third kappa shape index (κ3) is 11.5. The quantitative estimate of drug-likeness (QED) is 0.161. The third-order valence-electron chi connectivity index (χ3n) is 8.58. The minimum Gasteiger partial charge on any atom is -0.494 e. The summed E-state index contributed by atoms with van der Waals surface area (Å²) in [5, 5.41) is 0. The molecule has 224 valence electrons. The van der Waals surface area contributed by atoms with Crippen molar-refractivity contribution in [3.05, 3.63) is 71.3 Å². The van der Waals surface area contributed by atoms with Crippen LogP contribution in [0.5, 0.6) is 5.75 Å². The van der Waals surface area contributed by atoms with Crippen molar-refractivity contribution < 1.29 is 9.53 Å². The van der Waals surface area contributed by atoms with E-state index < -0.39 is 0 Å². The summed E-state index contributed by atoms with van der Waals surface area (Å²) in [7, 11) is 0. The Morgan fingerprint density at radius 1 is 0.829 bits per heavy atom. The summed E-state index contributed by atoms with van der Waals surface area (Å²) in [6.07, 6.45) is 21.1. The molecule has 1 heterocycles. The smallest absolute Gasteiger partial charge is 0.224 e. The van der Waals surface area contributed by atoms with Gasteiger partial charge in [-0.25, -0.2) is 0 Å². The van der Waals surface area contributed by atoms with Crippen LogP contribution >= 0.6 is 0 Å². The maximum Gasteiger partial charge on any atom is 0.224 e. The van der Waals surface area contributed by atoms with Gasteiger partial charge in [0.05, 0.1) is 13.2 Å².